The van der Waals surface area contributed by atoms with Crippen LogP contribution >= 0.6 is 15.9 Å². The predicted octanol–water partition coefficient (Wildman–Crippen LogP) is 4.43. The summed E-state index contributed by atoms with van der Waals surface area (Å²) in [7, 11) is 0. The molecule has 0 fully saturated rings. The van der Waals surface area contributed by atoms with Gasteiger partial charge in [0.1, 0.15) is 12.4 Å². The Morgan fingerprint density at radius 3 is 2.57 bits per heavy atom. The van der Waals surface area contributed by atoms with Gasteiger partial charge in [0, 0.05) is 35.2 Å². The number of anilines is 1. The van der Waals surface area contributed by atoms with Crippen LogP contribution in [0.5, 0.6) is 5.75 Å². The highest BCUT2D eigenvalue weighted by Crippen LogP contribution is 2.17. The molecule has 0 aliphatic carbocycles. The monoisotopic (exact) mass is 369 g/mol. The third kappa shape index (κ3) is 4.79. The van der Waals surface area contributed by atoms with Gasteiger partial charge in [-0.1, -0.05) is 18.2 Å². The Morgan fingerprint density at radius 1 is 0.957 bits per heavy atom. The van der Waals surface area contributed by atoms with Crippen LogP contribution in [0, 0.1) is 0 Å². The minimum absolute atomic E-state index is 0.523. The SMILES string of the molecule is Brc1cncc(NCc2ccc(OCc3cccnc3)cc2)c1. The molecule has 1 N–H and O–H groups in total. The normalized spacial score (nSPS) is 10.3. The smallest absolute Gasteiger partial charge is 0.119 e. The second-order valence-corrected chi connectivity index (χ2v) is 5.95. The summed E-state index contributed by atoms with van der Waals surface area (Å²) in [6.07, 6.45) is 7.13. The Morgan fingerprint density at radius 2 is 1.83 bits per heavy atom. The molecule has 0 atom stereocenters. The molecule has 3 aromatic rings. The van der Waals surface area contributed by atoms with Gasteiger partial charge in [0.15, 0.2) is 0 Å². The molecule has 0 spiro atoms. The Balaban J connectivity index is 1.52. The molecular weight excluding hydrogens is 354 g/mol. The largest absolute Gasteiger partial charge is 0.489 e. The van der Waals surface area contributed by atoms with Crippen molar-refractivity contribution >= 4 is 21.6 Å². The topological polar surface area (TPSA) is 47.0 Å². The van der Waals surface area contributed by atoms with Crippen molar-refractivity contribution in [1.82, 2.24) is 9.97 Å². The van der Waals surface area contributed by atoms with Gasteiger partial charge in [0.25, 0.3) is 0 Å². The Kier molecular flexibility index (Phi) is 5.21. The van der Waals surface area contributed by atoms with Gasteiger partial charge >= 0.3 is 0 Å². The quantitative estimate of drug-likeness (QED) is 0.697. The van der Waals surface area contributed by atoms with E-state index < -0.39 is 0 Å². The molecule has 0 radical (unpaired) electrons. The lowest BCUT2D eigenvalue weighted by Crippen LogP contribution is -2.00. The number of halogens is 1. The zero-order valence-electron chi connectivity index (χ0n) is 12.4. The number of benzene rings is 1. The van der Waals surface area contributed by atoms with Gasteiger partial charge in [-0.3, -0.25) is 9.97 Å². The average Bonchev–Trinajstić information content (AvgIpc) is 2.60. The summed E-state index contributed by atoms with van der Waals surface area (Å²) in [5, 5.41) is 3.34. The van der Waals surface area contributed by atoms with Gasteiger partial charge in [-0.05, 0) is 45.8 Å². The van der Waals surface area contributed by atoms with Crippen molar-refractivity contribution < 1.29 is 4.74 Å². The maximum Gasteiger partial charge on any atom is 0.119 e. The van der Waals surface area contributed by atoms with Crippen LogP contribution in [-0.4, -0.2) is 9.97 Å². The number of hydrogen-bond acceptors (Lipinski definition) is 4. The van der Waals surface area contributed by atoms with Crippen LogP contribution in [0.4, 0.5) is 5.69 Å². The van der Waals surface area contributed by atoms with E-state index in [2.05, 4.69) is 43.3 Å². The zero-order valence-corrected chi connectivity index (χ0v) is 14.0. The van der Waals surface area contributed by atoms with E-state index in [-0.39, 0.29) is 0 Å². The van der Waals surface area contributed by atoms with Crippen LogP contribution in [0.15, 0.2) is 71.7 Å². The number of hydrogen-bond donors (Lipinski definition) is 1. The maximum absolute atomic E-state index is 5.75. The molecule has 23 heavy (non-hydrogen) atoms. The van der Waals surface area contributed by atoms with E-state index in [1.807, 2.05) is 36.5 Å². The summed E-state index contributed by atoms with van der Waals surface area (Å²) < 4.78 is 6.71. The van der Waals surface area contributed by atoms with Crippen LogP contribution in [0.2, 0.25) is 0 Å². The molecule has 0 aliphatic heterocycles. The number of ether oxygens (including phenoxy) is 1. The highest BCUT2D eigenvalue weighted by molar-refractivity contribution is 9.10. The summed E-state index contributed by atoms with van der Waals surface area (Å²) >= 11 is 3.41. The lowest BCUT2D eigenvalue weighted by atomic mass is 10.2. The number of nitrogens with one attached hydrogen (secondary N) is 1. The van der Waals surface area contributed by atoms with E-state index >= 15 is 0 Å². The van der Waals surface area contributed by atoms with Crippen molar-refractivity contribution in [2.24, 2.45) is 0 Å². The Bertz CT molecular complexity index is 748. The van der Waals surface area contributed by atoms with E-state index in [1.165, 1.54) is 5.56 Å². The summed E-state index contributed by atoms with van der Waals surface area (Å²) in [5.41, 5.74) is 3.22. The molecule has 0 amide bonds. The molecule has 0 saturated carbocycles. The summed E-state index contributed by atoms with van der Waals surface area (Å²) in [6.45, 7) is 1.26. The second kappa shape index (κ2) is 7.74. The van der Waals surface area contributed by atoms with Crippen molar-refractivity contribution in [3.63, 3.8) is 0 Å². The Labute approximate surface area is 143 Å². The molecule has 116 valence electrons. The number of nitrogens with zero attached hydrogens (tertiary/aromatic N) is 2. The van der Waals surface area contributed by atoms with Crippen LogP contribution in [-0.2, 0) is 13.2 Å². The molecule has 2 heterocycles. The minimum atomic E-state index is 0.523. The summed E-state index contributed by atoms with van der Waals surface area (Å²) in [6, 6.07) is 14.0. The van der Waals surface area contributed by atoms with E-state index in [0.717, 1.165) is 28.0 Å². The lowest BCUT2D eigenvalue weighted by Gasteiger charge is -2.09. The lowest BCUT2D eigenvalue weighted by molar-refractivity contribution is 0.305. The van der Waals surface area contributed by atoms with Gasteiger partial charge in [0.05, 0.1) is 11.9 Å². The molecule has 2 aromatic heterocycles. The standard InChI is InChI=1S/C18H16BrN3O/c19-16-8-17(12-21-11-16)22-10-14-3-5-18(6-4-14)23-13-15-2-1-7-20-9-15/h1-9,11-12,22H,10,13H2. The van der Waals surface area contributed by atoms with E-state index in [0.29, 0.717) is 6.61 Å². The molecule has 3 rings (SSSR count). The van der Waals surface area contributed by atoms with Gasteiger partial charge < -0.3 is 10.1 Å². The van der Waals surface area contributed by atoms with Crippen molar-refractivity contribution in [2.45, 2.75) is 13.2 Å². The predicted molar refractivity (Wildman–Crippen MR) is 94.3 cm³/mol. The number of rotatable bonds is 6. The molecule has 0 bridgehead atoms. The van der Waals surface area contributed by atoms with Crippen molar-refractivity contribution in [1.29, 1.82) is 0 Å². The summed E-state index contributed by atoms with van der Waals surface area (Å²) in [4.78, 5) is 8.20. The molecular formula is C18H16BrN3O. The van der Waals surface area contributed by atoms with Gasteiger partial charge in [-0.15, -0.1) is 0 Å². The van der Waals surface area contributed by atoms with Gasteiger partial charge in [-0.25, -0.2) is 0 Å². The van der Waals surface area contributed by atoms with E-state index in [9.17, 15) is 0 Å². The first-order valence-electron chi connectivity index (χ1n) is 7.25. The fraction of sp³-hybridized carbons (Fsp3) is 0.111. The first-order valence-corrected chi connectivity index (χ1v) is 8.04. The third-order valence-electron chi connectivity index (χ3n) is 3.25. The highest BCUT2D eigenvalue weighted by atomic mass is 79.9. The minimum Gasteiger partial charge on any atom is -0.489 e. The molecule has 0 aliphatic rings. The molecule has 5 heteroatoms. The van der Waals surface area contributed by atoms with Crippen LogP contribution in [0.3, 0.4) is 0 Å². The van der Waals surface area contributed by atoms with Crippen LogP contribution < -0.4 is 10.1 Å². The second-order valence-electron chi connectivity index (χ2n) is 5.04. The third-order valence-corrected chi connectivity index (χ3v) is 3.69. The van der Waals surface area contributed by atoms with E-state index in [1.54, 1.807) is 18.6 Å². The fourth-order valence-corrected chi connectivity index (χ4v) is 2.43. The van der Waals surface area contributed by atoms with Gasteiger partial charge in [0.2, 0.25) is 0 Å². The van der Waals surface area contributed by atoms with Crippen LogP contribution in [0.25, 0.3) is 0 Å². The Hall–Kier alpha value is -2.40. The fourth-order valence-electron chi connectivity index (χ4n) is 2.07. The van der Waals surface area contributed by atoms with E-state index in [4.69, 9.17) is 4.74 Å². The highest BCUT2D eigenvalue weighted by Gasteiger charge is 1.99. The first kappa shape index (κ1) is 15.5. The first-order chi connectivity index (χ1) is 11.3. The zero-order chi connectivity index (χ0) is 15.9. The van der Waals surface area contributed by atoms with Crippen molar-refractivity contribution in [3.05, 3.63) is 82.9 Å². The molecule has 4 nitrogen and oxygen atoms in total. The van der Waals surface area contributed by atoms with Gasteiger partial charge in [-0.2, -0.15) is 0 Å². The van der Waals surface area contributed by atoms with Crippen molar-refractivity contribution in [2.75, 3.05) is 5.32 Å². The molecule has 0 saturated heterocycles. The number of aromatic nitrogens is 2. The summed E-state index contributed by atoms with van der Waals surface area (Å²) in [5.74, 6) is 0.849. The molecule has 1 aromatic carbocycles. The van der Waals surface area contributed by atoms with Crippen molar-refractivity contribution in [3.8, 4) is 5.75 Å². The number of pyridine rings is 2. The van der Waals surface area contributed by atoms with Crippen LogP contribution in [0.1, 0.15) is 11.1 Å². The average molecular weight is 370 g/mol. The molecule has 0 unspecified atom stereocenters. The maximum atomic E-state index is 5.75.